The summed E-state index contributed by atoms with van der Waals surface area (Å²) in [6.45, 7) is 7.16. The molecule has 2 heteroatoms. The van der Waals surface area contributed by atoms with Gasteiger partial charge in [-0.15, -0.1) is 0 Å². The summed E-state index contributed by atoms with van der Waals surface area (Å²) in [7, 11) is 0. The lowest BCUT2D eigenvalue weighted by atomic mass is 9.92. The van der Waals surface area contributed by atoms with E-state index < -0.39 is 0 Å². The van der Waals surface area contributed by atoms with Gasteiger partial charge in [0.25, 0.3) is 0 Å². The first-order chi connectivity index (χ1) is 7.58. The van der Waals surface area contributed by atoms with Gasteiger partial charge >= 0.3 is 0 Å². The van der Waals surface area contributed by atoms with Crippen LogP contribution in [0.5, 0.6) is 0 Å². The van der Waals surface area contributed by atoms with Crippen LogP contribution in [-0.2, 0) is 11.3 Å². The van der Waals surface area contributed by atoms with Crippen molar-refractivity contribution in [1.29, 1.82) is 0 Å². The molecule has 0 aromatic heterocycles. The Morgan fingerprint density at radius 1 is 1.31 bits per heavy atom. The van der Waals surface area contributed by atoms with Crippen molar-refractivity contribution in [3.63, 3.8) is 0 Å². The molecular weight excluding hydrogens is 311 g/mol. The van der Waals surface area contributed by atoms with Gasteiger partial charge < -0.3 is 4.74 Å². The summed E-state index contributed by atoms with van der Waals surface area (Å²) in [6, 6.07) is 10.3. The van der Waals surface area contributed by atoms with E-state index in [1.165, 1.54) is 5.56 Å². The van der Waals surface area contributed by atoms with Crippen molar-refractivity contribution < 1.29 is 4.74 Å². The van der Waals surface area contributed by atoms with Crippen molar-refractivity contribution in [2.45, 2.75) is 33.0 Å². The van der Waals surface area contributed by atoms with E-state index in [2.05, 4.69) is 61.6 Å². The van der Waals surface area contributed by atoms with E-state index in [0.29, 0.717) is 12.5 Å². The fourth-order valence-electron chi connectivity index (χ4n) is 1.35. The predicted octanol–water partition coefficient (Wildman–Crippen LogP) is 4.57. The van der Waals surface area contributed by atoms with E-state index in [1.807, 2.05) is 22.3 Å². The molecule has 16 heavy (non-hydrogen) atoms. The van der Waals surface area contributed by atoms with Crippen LogP contribution in [0.15, 0.2) is 40.5 Å². The van der Waals surface area contributed by atoms with Gasteiger partial charge in [0.05, 0.1) is 12.2 Å². The number of benzene rings is 1. The minimum atomic E-state index is -0.184. The quantitative estimate of drug-likeness (QED) is 0.719. The first-order valence-electron chi connectivity index (χ1n) is 5.54. The van der Waals surface area contributed by atoms with Gasteiger partial charge in [-0.2, -0.15) is 0 Å². The molecule has 1 aromatic carbocycles. The predicted molar refractivity (Wildman–Crippen MR) is 77.6 cm³/mol. The van der Waals surface area contributed by atoms with Crippen LogP contribution in [0.25, 0.3) is 0 Å². The van der Waals surface area contributed by atoms with E-state index in [1.54, 1.807) is 0 Å². The van der Waals surface area contributed by atoms with Crippen molar-refractivity contribution in [3.8, 4) is 0 Å². The normalized spacial score (nSPS) is 15.6. The van der Waals surface area contributed by atoms with Crippen molar-refractivity contribution in [1.82, 2.24) is 0 Å². The molecule has 0 saturated heterocycles. The third-order valence-corrected chi connectivity index (χ3v) is 3.29. The topological polar surface area (TPSA) is 9.23 Å². The van der Waals surface area contributed by atoms with Gasteiger partial charge in [-0.3, -0.25) is 0 Å². The van der Waals surface area contributed by atoms with Crippen LogP contribution in [0.1, 0.15) is 26.3 Å². The minimum absolute atomic E-state index is 0.184. The highest BCUT2D eigenvalue weighted by atomic mass is 127. The molecule has 0 aliphatic carbocycles. The van der Waals surface area contributed by atoms with E-state index in [-0.39, 0.29) is 5.60 Å². The average Bonchev–Trinajstić information content (AvgIpc) is 2.28. The molecule has 0 aliphatic rings. The van der Waals surface area contributed by atoms with E-state index >= 15 is 0 Å². The lowest BCUT2D eigenvalue weighted by Gasteiger charge is -2.30. The number of hydrogen-bond acceptors (Lipinski definition) is 1. The van der Waals surface area contributed by atoms with Crippen molar-refractivity contribution >= 4 is 22.6 Å². The Morgan fingerprint density at radius 2 is 1.94 bits per heavy atom. The Balaban J connectivity index is 2.64. The molecule has 0 amide bonds. The van der Waals surface area contributed by atoms with Gasteiger partial charge in [-0.1, -0.05) is 66.8 Å². The molecule has 0 heterocycles. The third kappa shape index (κ3) is 3.91. The fraction of sp³-hybridized carbons (Fsp3) is 0.429. The molecule has 88 valence electrons. The van der Waals surface area contributed by atoms with E-state index in [4.69, 9.17) is 4.74 Å². The zero-order valence-corrected chi connectivity index (χ0v) is 12.3. The Kier molecular flexibility index (Phi) is 5.49. The molecule has 1 aromatic rings. The molecular formula is C14H19IO. The minimum Gasteiger partial charge on any atom is -0.366 e. The molecule has 0 fully saturated rings. The summed E-state index contributed by atoms with van der Waals surface area (Å²) in [6.07, 6.45) is 2.13. The van der Waals surface area contributed by atoms with Crippen molar-refractivity contribution in [2.75, 3.05) is 0 Å². The Hall–Kier alpha value is -0.350. The maximum absolute atomic E-state index is 6.03. The van der Waals surface area contributed by atoms with Crippen LogP contribution in [0, 0.1) is 5.92 Å². The van der Waals surface area contributed by atoms with Crippen molar-refractivity contribution in [2.24, 2.45) is 5.92 Å². The maximum Gasteiger partial charge on any atom is 0.0869 e. The summed E-state index contributed by atoms with van der Waals surface area (Å²) < 4.78 is 8.06. The smallest absolute Gasteiger partial charge is 0.0869 e. The second-order valence-corrected chi connectivity index (χ2v) is 5.12. The molecule has 1 rings (SSSR count). The van der Waals surface area contributed by atoms with Crippen LogP contribution in [-0.4, -0.2) is 5.60 Å². The summed E-state index contributed by atoms with van der Waals surface area (Å²) in [5.41, 5.74) is 1.04. The van der Waals surface area contributed by atoms with Gasteiger partial charge in [0.15, 0.2) is 0 Å². The maximum atomic E-state index is 6.03. The first-order valence-corrected chi connectivity index (χ1v) is 6.79. The zero-order valence-electron chi connectivity index (χ0n) is 10.1. The molecule has 1 unspecified atom stereocenters. The summed E-state index contributed by atoms with van der Waals surface area (Å²) in [5.74, 6) is 0.460. The fourth-order valence-corrected chi connectivity index (χ4v) is 2.06. The van der Waals surface area contributed by atoms with Crippen LogP contribution in [0.4, 0.5) is 0 Å². The summed E-state index contributed by atoms with van der Waals surface area (Å²) in [5, 5.41) is 0. The lowest BCUT2D eigenvalue weighted by molar-refractivity contribution is -0.0381. The summed E-state index contributed by atoms with van der Waals surface area (Å²) >= 11 is 2.24. The van der Waals surface area contributed by atoms with Crippen molar-refractivity contribution in [3.05, 3.63) is 46.1 Å². The third-order valence-electron chi connectivity index (χ3n) is 2.93. The van der Waals surface area contributed by atoms with Gasteiger partial charge in [-0.05, 0) is 28.6 Å². The second kappa shape index (κ2) is 6.40. The van der Waals surface area contributed by atoms with Gasteiger partial charge in [0.1, 0.15) is 0 Å². The second-order valence-electron chi connectivity index (χ2n) is 4.41. The summed E-state index contributed by atoms with van der Waals surface area (Å²) in [4.78, 5) is 0. The molecule has 0 saturated carbocycles. The lowest BCUT2D eigenvalue weighted by Crippen LogP contribution is -2.32. The van der Waals surface area contributed by atoms with E-state index in [0.717, 1.165) is 0 Å². The first kappa shape index (κ1) is 13.7. The largest absolute Gasteiger partial charge is 0.366 e. The zero-order chi connectivity index (χ0) is 12.0. The average molecular weight is 330 g/mol. The molecule has 0 radical (unpaired) electrons. The van der Waals surface area contributed by atoms with Crippen LogP contribution in [0.2, 0.25) is 0 Å². The highest BCUT2D eigenvalue weighted by Gasteiger charge is 2.25. The Labute approximate surface area is 112 Å². The molecule has 1 atom stereocenters. The molecule has 1 nitrogen and oxygen atoms in total. The highest BCUT2D eigenvalue weighted by molar-refractivity contribution is 14.1. The Morgan fingerprint density at radius 3 is 2.44 bits per heavy atom. The standard InChI is InChI=1S/C14H19IO/c1-12(2)14(3,9-10-15)16-11-13-7-5-4-6-8-13/h4-10,12H,11H2,1-3H3/b10-9+. The SMILES string of the molecule is CC(C)C(C)(/C=C/I)OCc1ccccc1. The number of hydrogen-bond donors (Lipinski definition) is 0. The van der Waals surface area contributed by atoms with Gasteiger partial charge in [0.2, 0.25) is 0 Å². The molecule has 0 spiro atoms. The van der Waals surface area contributed by atoms with Crippen LogP contribution < -0.4 is 0 Å². The van der Waals surface area contributed by atoms with Gasteiger partial charge in [0, 0.05) is 0 Å². The van der Waals surface area contributed by atoms with Gasteiger partial charge in [-0.25, -0.2) is 0 Å². The van der Waals surface area contributed by atoms with Crippen LogP contribution in [0.3, 0.4) is 0 Å². The molecule has 0 bridgehead atoms. The van der Waals surface area contributed by atoms with E-state index in [9.17, 15) is 0 Å². The molecule has 0 N–H and O–H groups in total. The highest BCUT2D eigenvalue weighted by Crippen LogP contribution is 2.25. The number of rotatable bonds is 5. The van der Waals surface area contributed by atoms with Crippen LogP contribution >= 0.6 is 22.6 Å². The molecule has 0 aliphatic heterocycles. The monoisotopic (exact) mass is 330 g/mol. The number of ether oxygens (including phenoxy) is 1. The number of halogens is 1. The Bertz CT molecular complexity index is 332.